The summed E-state index contributed by atoms with van der Waals surface area (Å²) in [6, 6.07) is 0. The molecule has 0 spiro atoms. The summed E-state index contributed by atoms with van der Waals surface area (Å²) in [5.74, 6) is -2.76. The zero-order valence-corrected chi connectivity index (χ0v) is 12.5. The second-order valence-electron chi connectivity index (χ2n) is 4.48. The molecule has 1 aliphatic heterocycles. The van der Waals surface area contributed by atoms with Gasteiger partial charge in [-0.05, 0) is 0 Å². The first-order valence-electron chi connectivity index (χ1n) is 5.60. The molecule has 15 heteroatoms. The Morgan fingerprint density at radius 1 is 1.09 bits per heavy atom. The number of rotatable bonds is 7. The topological polar surface area (TPSA) is 224 Å². The first kappa shape index (κ1) is 20.1. The molecule has 0 aromatic carbocycles. The van der Waals surface area contributed by atoms with Gasteiger partial charge in [0.05, 0.1) is 6.61 Å². The molecule has 22 heavy (non-hydrogen) atoms. The van der Waals surface area contributed by atoms with E-state index in [0.29, 0.717) is 0 Å². The zero-order valence-electron chi connectivity index (χ0n) is 10.7. The van der Waals surface area contributed by atoms with Gasteiger partial charge in [0.1, 0.15) is 31.0 Å². The second kappa shape index (κ2) is 6.87. The van der Waals surface area contributed by atoms with Crippen LogP contribution in [0.2, 0.25) is 0 Å². The van der Waals surface area contributed by atoms with Crippen LogP contribution < -0.4 is 0 Å². The van der Waals surface area contributed by atoms with E-state index in [1.54, 1.807) is 0 Å². The van der Waals surface area contributed by atoms with Gasteiger partial charge in [-0.1, -0.05) is 0 Å². The van der Waals surface area contributed by atoms with Gasteiger partial charge in [-0.3, -0.25) is 9.05 Å². The van der Waals surface area contributed by atoms with Gasteiger partial charge in [-0.15, -0.1) is 0 Å². The minimum Gasteiger partial charge on any atom is -0.388 e. The predicted octanol–water partition coefficient (Wildman–Crippen LogP) is -3.62. The molecule has 1 fully saturated rings. The van der Waals surface area contributed by atoms with Crippen LogP contribution in [0.15, 0.2) is 0 Å². The molecule has 13 nitrogen and oxygen atoms in total. The van der Waals surface area contributed by atoms with Gasteiger partial charge >= 0.3 is 15.6 Å². The Balaban J connectivity index is 2.72. The second-order valence-corrected chi connectivity index (χ2v) is 6.96. The summed E-state index contributed by atoms with van der Waals surface area (Å²) in [5.41, 5.74) is 0. The summed E-state index contributed by atoms with van der Waals surface area (Å²) in [4.78, 5) is 34.0. The number of aliphatic hydroxyl groups excluding tert-OH is 3. The molecule has 0 aromatic rings. The highest BCUT2D eigenvalue weighted by Gasteiger charge is 2.56. The molecule has 1 saturated heterocycles. The van der Waals surface area contributed by atoms with Crippen LogP contribution in [-0.4, -0.2) is 83.4 Å². The average molecular weight is 370 g/mol. The van der Waals surface area contributed by atoms with Crippen molar-refractivity contribution >= 4 is 15.6 Å². The van der Waals surface area contributed by atoms with E-state index in [2.05, 4.69) is 9.05 Å². The Bertz CT molecular complexity index is 471. The monoisotopic (exact) mass is 370 g/mol. The fourth-order valence-corrected chi connectivity index (χ4v) is 2.39. The number of phosphoric ester groups is 2. The number of hydrogen-bond donors (Lipinski definition) is 8. The fraction of sp³-hybridized carbons (Fsp3) is 1.00. The standard InChI is InChI=1S/C7H16O13P2/c8-3(1-18-21(12,13)14)5-4(9)6(10)7(11,20-5)2-19-22(15,16)17/h3-6,8-11H,1-2H2,(H2,12,13,14)(H2,15,16,17)/t3-,4-,5-,6+,7-/m1/s1. The molecular formula is C7H16O13P2. The van der Waals surface area contributed by atoms with E-state index < -0.39 is 59.1 Å². The molecule has 0 aliphatic carbocycles. The van der Waals surface area contributed by atoms with Crippen molar-refractivity contribution in [3.8, 4) is 0 Å². The van der Waals surface area contributed by atoms with Crippen LogP contribution in [0.3, 0.4) is 0 Å². The average Bonchev–Trinajstić information content (AvgIpc) is 2.58. The molecule has 0 bridgehead atoms. The predicted molar refractivity (Wildman–Crippen MR) is 63.8 cm³/mol. The molecule has 1 aliphatic rings. The largest absolute Gasteiger partial charge is 0.469 e. The van der Waals surface area contributed by atoms with E-state index in [1.165, 1.54) is 0 Å². The third-order valence-corrected chi connectivity index (χ3v) is 3.65. The van der Waals surface area contributed by atoms with Gasteiger partial charge in [0, 0.05) is 0 Å². The Kier molecular flexibility index (Phi) is 6.27. The molecular weight excluding hydrogens is 354 g/mol. The summed E-state index contributed by atoms with van der Waals surface area (Å²) >= 11 is 0. The van der Waals surface area contributed by atoms with E-state index >= 15 is 0 Å². The summed E-state index contributed by atoms with van der Waals surface area (Å²) < 4.78 is 33.7. The van der Waals surface area contributed by atoms with Crippen molar-refractivity contribution in [2.75, 3.05) is 13.2 Å². The van der Waals surface area contributed by atoms with Crippen LogP contribution in [0, 0.1) is 0 Å². The minimum absolute atomic E-state index is 1.01. The maximum absolute atomic E-state index is 10.6. The Morgan fingerprint density at radius 2 is 1.59 bits per heavy atom. The van der Waals surface area contributed by atoms with Crippen molar-refractivity contribution in [3.05, 3.63) is 0 Å². The number of ether oxygens (including phenoxy) is 1. The molecule has 0 saturated carbocycles. The summed E-state index contributed by atoms with van der Waals surface area (Å²) in [6.45, 7) is -2.24. The fourth-order valence-electron chi connectivity index (χ4n) is 1.69. The van der Waals surface area contributed by atoms with Gasteiger partial charge in [-0.25, -0.2) is 9.13 Å². The van der Waals surface area contributed by atoms with Crippen molar-refractivity contribution in [3.63, 3.8) is 0 Å². The van der Waals surface area contributed by atoms with Gasteiger partial charge in [-0.2, -0.15) is 0 Å². The highest BCUT2D eigenvalue weighted by atomic mass is 31.2. The highest BCUT2D eigenvalue weighted by molar-refractivity contribution is 7.46. The molecule has 0 amide bonds. The highest BCUT2D eigenvalue weighted by Crippen LogP contribution is 2.41. The van der Waals surface area contributed by atoms with Crippen LogP contribution in [-0.2, 0) is 22.9 Å². The summed E-state index contributed by atoms with van der Waals surface area (Å²) in [5, 5.41) is 38.7. The van der Waals surface area contributed by atoms with Crippen LogP contribution >= 0.6 is 15.6 Å². The van der Waals surface area contributed by atoms with Crippen LogP contribution in [0.1, 0.15) is 0 Å². The normalized spacial score (nSPS) is 34.8. The van der Waals surface area contributed by atoms with Crippen molar-refractivity contribution < 1.29 is 62.9 Å². The Morgan fingerprint density at radius 3 is 2.05 bits per heavy atom. The molecule has 1 heterocycles. The Hall–Kier alpha value is 0.0200. The quantitative estimate of drug-likeness (QED) is 0.203. The first-order chi connectivity index (χ1) is 9.75. The SMILES string of the molecule is O=P(O)(O)OC[C@@H](O)[C@H]1O[C@](O)(COP(=O)(O)O)[C@@H](O)[C@@H]1O. The van der Waals surface area contributed by atoms with Crippen LogP contribution in [0.25, 0.3) is 0 Å². The number of phosphoric acid groups is 2. The van der Waals surface area contributed by atoms with E-state index in [9.17, 15) is 29.6 Å². The smallest absolute Gasteiger partial charge is 0.388 e. The van der Waals surface area contributed by atoms with E-state index in [0.717, 1.165) is 0 Å². The lowest BCUT2D eigenvalue weighted by atomic mass is 10.0. The van der Waals surface area contributed by atoms with Gasteiger partial charge in [0.2, 0.25) is 5.79 Å². The van der Waals surface area contributed by atoms with E-state index in [1.807, 2.05) is 0 Å². The number of hydrogen-bond acceptors (Lipinski definition) is 9. The van der Waals surface area contributed by atoms with Crippen molar-refractivity contribution in [2.24, 2.45) is 0 Å². The number of aliphatic hydroxyl groups is 4. The van der Waals surface area contributed by atoms with Gasteiger partial charge in [0.15, 0.2) is 0 Å². The van der Waals surface area contributed by atoms with Gasteiger partial charge in [0.25, 0.3) is 0 Å². The van der Waals surface area contributed by atoms with Crippen LogP contribution in [0.5, 0.6) is 0 Å². The molecule has 8 N–H and O–H groups in total. The maximum atomic E-state index is 10.6. The lowest BCUT2D eigenvalue weighted by molar-refractivity contribution is -0.252. The molecule has 0 unspecified atom stereocenters. The van der Waals surface area contributed by atoms with Crippen molar-refractivity contribution in [1.29, 1.82) is 0 Å². The molecule has 0 radical (unpaired) electrons. The zero-order chi connectivity index (χ0) is 17.3. The van der Waals surface area contributed by atoms with Crippen molar-refractivity contribution in [2.45, 2.75) is 30.2 Å². The lowest BCUT2D eigenvalue weighted by Gasteiger charge is -2.26. The molecule has 1 rings (SSSR count). The van der Waals surface area contributed by atoms with Gasteiger partial charge < -0.3 is 44.7 Å². The molecule has 0 aromatic heterocycles. The lowest BCUT2D eigenvalue weighted by Crippen LogP contribution is -2.46. The van der Waals surface area contributed by atoms with E-state index in [4.69, 9.17) is 24.3 Å². The Labute approximate surface area is 123 Å². The summed E-state index contributed by atoms with van der Waals surface area (Å²) in [6.07, 6.45) is -7.69. The van der Waals surface area contributed by atoms with Crippen LogP contribution in [0.4, 0.5) is 0 Å². The first-order valence-corrected chi connectivity index (χ1v) is 8.66. The molecule has 132 valence electrons. The van der Waals surface area contributed by atoms with E-state index in [-0.39, 0.29) is 0 Å². The maximum Gasteiger partial charge on any atom is 0.469 e. The third-order valence-electron chi connectivity index (χ3n) is 2.69. The minimum atomic E-state index is -5.01. The summed E-state index contributed by atoms with van der Waals surface area (Å²) in [7, 11) is -9.92. The van der Waals surface area contributed by atoms with Crippen molar-refractivity contribution in [1.82, 2.24) is 0 Å². The molecule has 5 atom stereocenters. The third kappa shape index (κ3) is 5.58.